The number of benzene rings is 1. The molecule has 3 nitrogen and oxygen atoms in total. The van der Waals surface area contributed by atoms with Crippen molar-refractivity contribution < 1.29 is 13.6 Å². The largest absolute Gasteiger partial charge is 0.342 e. The molecule has 3 rings (SSSR count). The fourth-order valence-corrected chi connectivity index (χ4v) is 3.44. The number of hydrogen-bond acceptors (Lipinski definition) is 2. The molecule has 1 aliphatic heterocycles. The molecule has 0 unspecified atom stereocenters. The molecule has 3 atom stereocenters. The van der Waals surface area contributed by atoms with E-state index in [0.717, 1.165) is 38.4 Å². The number of likely N-dealkylation sites (tertiary alicyclic amines) is 1. The van der Waals surface area contributed by atoms with E-state index >= 15 is 0 Å². The first-order valence-electron chi connectivity index (χ1n) is 8.45. The summed E-state index contributed by atoms with van der Waals surface area (Å²) in [5.41, 5.74) is 0.355. The van der Waals surface area contributed by atoms with Crippen molar-refractivity contribution in [3.05, 3.63) is 35.4 Å². The molecule has 0 spiro atoms. The summed E-state index contributed by atoms with van der Waals surface area (Å²) >= 11 is 0. The van der Waals surface area contributed by atoms with Crippen LogP contribution in [-0.4, -0.2) is 29.9 Å². The van der Waals surface area contributed by atoms with Crippen LogP contribution in [0.4, 0.5) is 8.78 Å². The number of halogens is 2. The van der Waals surface area contributed by atoms with Crippen molar-refractivity contribution in [2.75, 3.05) is 13.1 Å². The standard InChI is InChI=1S/C18H24F2N2O/c1-11-10-22(18(23)13-3-4-13)8-7-17(11)21-12(2)15-9-14(19)5-6-16(15)20/h5-6,9,11-13,17,21H,3-4,7-8,10H2,1-2H3/t11-,12-,17+/m0/s1. The van der Waals surface area contributed by atoms with Crippen LogP contribution in [0.2, 0.25) is 0 Å². The quantitative estimate of drug-likeness (QED) is 0.923. The first kappa shape index (κ1) is 16.4. The minimum absolute atomic E-state index is 0.205. The molecule has 1 aromatic rings. The van der Waals surface area contributed by atoms with Gasteiger partial charge < -0.3 is 10.2 Å². The summed E-state index contributed by atoms with van der Waals surface area (Å²) in [5.74, 6) is 0.0328. The van der Waals surface area contributed by atoms with E-state index in [0.29, 0.717) is 17.4 Å². The minimum atomic E-state index is -0.423. The summed E-state index contributed by atoms with van der Waals surface area (Å²) in [6, 6.07) is 3.50. The van der Waals surface area contributed by atoms with E-state index in [1.54, 1.807) is 0 Å². The Morgan fingerprint density at radius 2 is 2.04 bits per heavy atom. The van der Waals surface area contributed by atoms with Crippen molar-refractivity contribution in [3.63, 3.8) is 0 Å². The van der Waals surface area contributed by atoms with Gasteiger partial charge in [0.05, 0.1) is 0 Å². The molecule has 2 aliphatic rings. The molecule has 1 aromatic carbocycles. The summed E-state index contributed by atoms with van der Waals surface area (Å²) in [7, 11) is 0. The van der Waals surface area contributed by atoms with Gasteiger partial charge in [0.15, 0.2) is 0 Å². The second-order valence-electron chi connectivity index (χ2n) is 6.99. The van der Waals surface area contributed by atoms with E-state index in [1.165, 1.54) is 12.1 Å². The zero-order valence-corrected chi connectivity index (χ0v) is 13.7. The summed E-state index contributed by atoms with van der Waals surface area (Å²) in [6.07, 6.45) is 2.91. The average molecular weight is 322 g/mol. The number of piperidine rings is 1. The molecule has 1 heterocycles. The topological polar surface area (TPSA) is 32.3 Å². The predicted octanol–water partition coefficient (Wildman–Crippen LogP) is 3.26. The maximum Gasteiger partial charge on any atom is 0.225 e. The average Bonchev–Trinajstić information content (AvgIpc) is 3.35. The molecule has 0 radical (unpaired) electrons. The smallest absolute Gasteiger partial charge is 0.225 e. The van der Waals surface area contributed by atoms with Crippen molar-refractivity contribution in [1.29, 1.82) is 0 Å². The predicted molar refractivity (Wildman–Crippen MR) is 84.8 cm³/mol. The van der Waals surface area contributed by atoms with Crippen molar-refractivity contribution in [1.82, 2.24) is 10.2 Å². The Morgan fingerprint density at radius 3 is 2.70 bits per heavy atom. The number of nitrogens with one attached hydrogen (secondary N) is 1. The van der Waals surface area contributed by atoms with Gasteiger partial charge in [-0.25, -0.2) is 8.78 Å². The third-order valence-corrected chi connectivity index (χ3v) is 5.03. The van der Waals surface area contributed by atoms with Crippen molar-refractivity contribution in [2.24, 2.45) is 11.8 Å². The van der Waals surface area contributed by atoms with E-state index < -0.39 is 5.82 Å². The number of rotatable bonds is 4. The van der Waals surface area contributed by atoms with Crippen LogP contribution < -0.4 is 5.32 Å². The fourth-order valence-electron chi connectivity index (χ4n) is 3.44. The first-order chi connectivity index (χ1) is 11.0. The number of nitrogens with zero attached hydrogens (tertiary/aromatic N) is 1. The summed E-state index contributed by atoms with van der Waals surface area (Å²) in [4.78, 5) is 14.1. The molecular weight excluding hydrogens is 298 g/mol. The number of carbonyl (C=O) groups is 1. The Labute approximate surface area is 136 Å². The summed E-state index contributed by atoms with van der Waals surface area (Å²) in [6.45, 7) is 5.45. The SMILES string of the molecule is C[C@H](N[C@@H]1CCN(C(=O)C2CC2)C[C@@H]1C)c1cc(F)ccc1F. The van der Waals surface area contributed by atoms with Gasteiger partial charge in [-0.1, -0.05) is 6.92 Å². The third kappa shape index (κ3) is 3.71. The zero-order chi connectivity index (χ0) is 16.6. The Morgan fingerprint density at radius 1 is 1.30 bits per heavy atom. The lowest BCUT2D eigenvalue weighted by Gasteiger charge is -2.39. The van der Waals surface area contributed by atoms with E-state index in [2.05, 4.69) is 12.2 Å². The van der Waals surface area contributed by atoms with Gasteiger partial charge in [0.25, 0.3) is 0 Å². The maximum atomic E-state index is 13.9. The second kappa shape index (κ2) is 6.56. The fraction of sp³-hybridized carbons (Fsp3) is 0.611. The van der Waals surface area contributed by atoms with Gasteiger partial charge in [-0.05, 0) is 50.3 Å². The van der Waals surface area contributed by atoms with E-state index in [4.69, 9.17) is 0 Å². The molecule has 1 saturated carbocycles. The third-order valence-electron chi connectivity index (χ3n) is 5.03. The molecule has 23 heavy (non-hydrogen) atoms. The van der Waals surface area contributed by atoms with Gasteiger partial charge >= 0.3 is 0 Å². The lowest BCUT2D eigenvalue weighted by Crippen LogP contribution is -2.51. The molecule has 1 N–H and O–H groups in total. The maximum absolute atomic E-state index is 13.9. The van der Waals surface area contributed by atoms with Crippen LogP contribution in [0, 0.1) is 23.5 Å². The zero-order valence-electron chi connectivity index (χ0n) is 13.7. The van der Waals surface area contributed by atoms with Crippen molar-refractivity contribution >= 4 is 5.91 Å². The van der Waals surface area contributed by atoms with Crippen LogP contribution in [0.5, 0.6) is 0 Å². The van der Waals surface area contributed by atoms with Crippen molar-refractivity contribution in [2.45, 2.75) is 45.2 Å². The molecule has 0 bridgehead atoms. The number of hydrogen-bond donors (Lipinski definition) is 1. The highest BCUT2D eigenvalue weighted by atomic mass is 19.1. The van der Waals surface area contributed by atoms with Crippen LogP contribution in [-0.2, 0) is 4.79 Å². The van der Waals surface area contributed by atoms with Gasteiger partial charge in [-0.15, -0.1) is 0 Å². The molecule has 2 fully saturated rings. The molecular formula is C18H24F2N2O. The van der Waals surface area contributed by atoms with Crippen LogP contribution >= 0.6 is 0 Å². The monoisotopic (exact) mass is 322 g/mol. The lowest BCUT2D eigenvalue weighted by atomic mass is 9.92. The molecule has 1 aliphatic carbocycles. The van der Waals surface area contributed by atoms with Gasteiger partial charge in [0, 0.05) is 36.7 Å². The van der Waals surface area contributed by atoms with E-state index in [-0.39, 0.29) is 23.8 Å². The van der Waals surface area contributed by atoms with Gasteiger partial charge in [-0.3, -0.25) is 4.79 Å². The second-order valence-corrected chi connectivity index (χ2v) is 6.99. The van der Waals surface area contributed by atoms with Gasteiger partial charge in [0.2, 0.25) is 5.91 Å². The van der Waals surface area contributed by atoms with E-state index in [1.807, 2.05) is 11.8 Å². The number of carbonyl (C=O) groups excluding carboxylic acids is 1. The molecule has 1 amide bonds. The Balaban J connectivity index is 1.60. The Bertz CT molecular complexity index is 588. The Hall–Kier alpha value is -1.49. The highest BCUT2D eigenvalue weighted by molar-refractivity contribution is 5.81. The highest BCUT2D eigenvalue weighted by Gasteiger charge is 2.37. The van der Waals surface area contributed by atoms with Gasteiger partial charge in [-0.2, -0.15) is 0 Å². The summed E-state index contributed by atoms with van der Waals surface area (Å²) in [5, 5.41) is 3.41. The highest BCUT2D eigenvalue weighted by Crippen LogP contribution is 2.33. The molecule has 1 saturated heterocycles. The van der Waals surface area contributed by atoms with Crippen molar-refractivity contribution in [3.8, 4) is 0 Å². The number of amides is 1. The Kier molecular flexibility index (Phi) is 4.67. The first-order valence-corrected chi connectivity index (χ1v) is 8.45. The van der Waals surface area contributed by atoms with Crippen LogP contribution in [0.25, 0.3) is 0 Å². The minimum Gasteiger partial charge on any atom is -0.342 e. The molecule has 5 heteroatoms. The lowest BCUT2D eigenvalue weighted by molar-refractivity contribution is -0.134. The van der Waals surface area contributed by atoms with Crippen LogP contribution in [0.3, 0.4) is 0 Å². The van der Waals surface area contributed by atoms with Crippen LogP contribution in [0.1, 0.15) is 44.7 Å². The van der Waals surface area contributed by atoms with Crippen LogP contribution in [0.15, 0.2) is 18.2 Å². The normalized spacial score (nSPS) is 26.2. The molecule has 126 valence electrons. The molecule has 0 aromatic heterocycles. The van der Waals surface area contributed by atoms with E-state index in [9.17, 15) is 13.6 Å². The summed E-state index contributed by atoms with van der Waals surface area (Å²) < 4.78 is 27.2. The van der Waals surface area contributed by atoms with Gasteiger partial charge in [0.1, 0.15) is 11.6 Å².